The molecule has 0 aliphatic carbocycles. The fraction of sp³-hybridized carbons (Fsp3) is 0.360. The predicted octanol–water partition coefficient (Wildman–Crippen LogP) is 6.09. The van der Waals surface area contributed by atoms with E-state index in [9.17, 15) is 4.79 Å². The molecule has 1 heterocycles. The number of carbonyl (C=O) groups excluding carboxylic acids is 1. The Balaban J connectivity index is 1.72. The fourth-order valence-electron chi connectivity index (χ4n) is 3.30. The number of amides is 1. The second-order valence-electron chi connectivity index (χ2n) is 7.72. The quantitative estimate of drug-likeness (QED) is 0.441. The molecule has 0 bridgehead atoms. The second-order valence-corrected chi connectivity index (χ2v) is 8.67. The van der Waals surface area contributed by atoms with Crippen LogP contribution >= 0.6 is 11.3 Å². The number of aromatic nitrogens is 1. The lowest BCUT2D eigenvalue weighted by atomic mass is 10.1. The van der Waals surface area contributed by atoms with Gasteiger partial charge < -0.3 is 9.64 Å². The molecule has 0 radical (unpaired) electrons. The molecule has 0 aliphatic heterocycles. The largest absolute Gasteiger partial charge is 0.486 e. The van der Waals surface area contributed by atoms with E-state index in [-0.39, 0.29) is 11.9 Å². The van der Waals surface area contributed by atoms with Crippen molar-refractivity contribution in [1.29, 1.82) is 0 Å². The summed E-state index contributed by atoms with van der Waals surface area (Å²) in [7, 11) is 0. The maximum absolute atomic E-state index is 13.2. The highest BCUT2D eigenvalue weighted by Crippen LogP contribution is 2.23. The Morgan fingerprint density at radius 3 is 2.57 bits per heavy atom. The minimum absolute atomic E-state index is 0.0589. The Bertz CT molecular complexity index is 1010. The number of nitrogens with zero attached hydrogens (tertiary/aromatic N) is 2. The van der Waals surface area contributed by atoms with E-state index >= 15 is 0 Å². The Kier molecular flexibility index (Phi) is 7.27. The summed E-state index contributed by atoms with van der Waals surface area (Å²) >= 11 is 1.58. The van der Waals surface area contributed by atoms with E-state index in [4.69, 9.17) is 9.72 Å². The number of thiazole rings is 1. The number of ether oxygens (including phenoxy) is 1. The molecule has 0 fully saturated rings. The lowest BCUT2D eigenvalue weighted by molar-refractivity contribution is 0.0668. The van der Waals surface area contributed by atoms with Crippen LogP contribution in [0.2, 0.25) is 0 Å². The van der Waals surface area contributed by atoms with Crippen LogP contribution in [-0.4, -0.2) is 21.8 Å². The first kappa shape index (κ1) is 22.0. The zero-order valence-corrected chi connectivity index (χ0v) is 19.3. The van der Waals surface area contributed by atoms with E-state index < -0.39 is 0 Å². The van der Waals surface area contributed by atoms with Gasteiger partial charge in [-0.05, 0) is 62.9 Å². The summed E-state index contributed by atoms with van der Waals surface area (Å²) in [6.07, 6.45) is 0.893. The number of hydrogen-bond donors (Lipinski definition) is 0. The normalized spacial score (nSPS) is 11.9. The number of hydrogen-bond acceptors (Lipinski definition) is 4. The Morgan fingerprint density at radius 2 is 1.83 bits per heavy atom. The van der Waals surface area contributed by atoms with Crippen molar-refractivity contribution in [3.8, 4) is 5.75 Å². The van der Waals surface area contributed by atoms with E-state index in [2.05, 4.69) is 33.8 Å². The molecule has 4 nitrogen and oxygen atoms in total. The molecule has 1 unspecified atom stereocenters. The molecule has 0 spiro atoms. The van der Waals surface area contributed by atoms with Gasteiger partial charge in [0.15, 0.2) is 0 Å². The number of benzene rings is 2. The highest BCUT2D eigenvalue weighted by Gasteiger charge is 2.23. The molecule has 5 heteroatoms. The molecule has 30 heavy (non-hydrogen) atoms. The van der Waals surface area contributed by atoms with Crippen molar-refractivity contribution in [2.75, 3.05) is 0 Å². The molecule has 3 aromatic rings. The van der Waals surface area contributed by atoms with Crippen molar-refractivity contribution >= 4 is 17.2 Å². The molecular weight excluding hydrogens is 392 g/mol. The zero-order chi connectivity index (χ0) is 21.7. The van der Waals surface area contributed by atoms with Gasteiger partial charge in [-0.15, -0.1) is 11.3 Å². The highest BCUT2D eigenvalue weighted by molar-refractivity contribution is 7.09. The average molecular weight is 423 g/mol. The van der Waals surface area contributed by atoms with Crippen LogP contribution in [0.3, 0.4) is 0 Å². The predicted molar refractivity (Wildman–Crippen MR) is 123 cm³/mol. The molecule has 0 aliphatic rings. The maximum atomic E-state index is 13.2. The van der Waals surface area contributed by atoms with Gasteiger partial charge in [-0.2, -0.15) is 0 Å². The third-order valence-corrected chi connectivity index (χ3v) is 6.47. The molecule has 1 aromatic heterocycles. The standard InChI is InChI=1S/C25H30N2O2S/c1-6-19(4)27(25(28)22-12-8-7-10-18(22)3)14-21-16-30-24(26-21)15-29-23-13-9-11-17(2)20(23)5/h7-13,16,19H,6,14-15H2,1-5H3. The van der Waals surface area contributed by atoms with Gasteiger partial charge in [-0.1, -0.05) is 37.3 Å². The summed E-state index contributed by atoms with van der Waals surface area (Å²) in [6, 6.07) is 14.0. The fourth-order valence-corrected chi connectivity index (χ4v) is 3.99. The van der Waals surface area contributed by atoms with Crippen molar-refractivity contribution < 1.29 is 9.53 Å². The summed E-state index contributed by atoms with van der Waals surface area (Å²) in [4.78, 5) is 19.9. The number of rotatable bonds is 8. The van der Waals surface area contributed by atoms with Gasteiger partial charge in [0.2, 0.25) is 0 Å². The van der Waals surface area contributed by atoms with Crippen molar-refractivity contribution in [2.24, 2.45) is 0 Å². The monoisotopic (exact) mass is 422 g/mol. The molecular formula is C25H30N2O2S. The van der Waals surface area contributed by atoms with Crippen molar-refractivity contribution in [3.63, 3.8) is 0 Å². The van der Waals surface area contributed by atoms with Crippen LogP contribution in [0.1, 0.15) is 58.0 Å². The van der Waals surface area contributed by atoms with Crippen molar-refractivity contribution in [2.45, 2.75) is 60.2 Å². The lowest BCUT2D eigenvalue weighted by Gasteiger charge is -2.28. The first-order valence-electron chi connectivity index (χ1n) is 10.4. The summed E-state index contributed by atoms with van der Waals surface area (Å²) < 4.78 is 5.99. The van der Waals surface area contributed by atoms with Crippen molar-refractivity contribution in [3.05, 3.63) is 80.8 Å². The zero-order valence-electron chi connectivity index (χ0n) is 18.4. The minimum Gasteiger partial charge on any atom is -0.486 e. The Hall–Kier alpha value is -2.66. The molecule has 158 valence electrons. The van der Waals surface area contributed by atoms with Crippen molar-refractivity contribution in [1.82, 2.24) is 9.88 Å². The van der Waals surface area contributed by atoms with Crippen LogP contribution in [0, 0.1) is 20.8 Å². The molecule has 0 saturated heterocycles. The summed E-state index contributed by atoms with van der Waals surface area (Å²) in [5.41, 5.74) is 5.03. The van der Waals surface area contributed by atoms with Gasteiger partial charge in [0.25, 0.3) is 5.91 Å². The van der Waals surface area contributed by atoms with Crippen LogP contribution < -0.4 is 4.74 Å². The van der Waals surface area contributed by atoms with E-state index in [1.54, 1.807) is 11.3 Å². The third kappa shape index (κ3) is 5.08. The molecule has 2 aromatic carbocycles. The highest BCUT2D eigenvalue weighted by atomic mass is 32.1. The summed E-state index contributed by atoms with van der Waals surface area (Å²) in [5, 5.41) is 2.95. The van der Waals surface area contributed by atoms with E-state index in [0.29, 0.717) is 13.2 Å². The molecule has 3 rings (SSSR count). The van der Waals surface area contributed by atoms with Crippen LogP contribution in [0.4, 0.5) is 0 Å². The van der Waals surface area contributed by atoms with Gasteiger partial charge in [-0.25, -0.2) is 4.98 Å². The van der Waals surface area contributed by atoms with Gasteiger partial charge in [0, 0.05) is 17.0 Å². The molecule has 0 N–H and O–H groups in total. The van der Waals surface area contributed by atoms with E-state index in [1.165, 1.54) is 5.56 Å². The summed E-state index contributed by atoms with van der Waals surface area (Å²) in [5.74, 6) is 0.950. The van der Waals surface area contributed by atoms with Gasteiger partial charge >= 0.3 is 0 Å². The number of carbonyl (C=O) groups is 1. The van der Waals surface area contributed by atoms with Gasteiger partial charge in [0.1, 0.15) is 17.4 Å². The van der Waals surface area contributed by atoms with Gasteiger partial charge in [-0.3, -0.25) is 4.79 Å². The smallest absolute Gasteiger partial charge is 0.254 e. The average Bonchev–Trinajstić information content (AvgIpc) is 3.20. The number of aryl methyl sites for hydroxylation is 2. The lowest BCUT2D eigenvalue weighted by Crippen LogP contribution is -2.38. The topological polar surface area (TPSA) is 42.4 Å². The first-order valence-corrected chi connectivity index (χ1v) is 11.3. The summed E-state index contributed by atoms with van der Waals surface area (Å²) in [6.45, 7) is 11.3. The van der Waals surface area contributed by atoms with Gasteiger partial charge in [0.05, 0.1) is 12.2 Å². The Labute approximate surface area is 183 Å². The third-order valence-electron chi connectivity index (χ3n) is 5.60. The van der Waals surface area contributed by atoms with Crippen LogP contribution in [-0.2, 0) is 13.2 Å². The van der Waals surface area contributed by atoms with E-state index in [1.807, 2.05) is 53.6 Å². The maximum Gasteiger partial charge on any atom is 0.254 e. The molecule has 1 atom stereocenters. The second kappa shape index (κ2) is 9.90. The first-order chi connectivity index (χ1) is 14.4. The SMILES string of the molecule is CCC(C)N(Cc1csc(COc2cccc(C)c2C)n1)C(=O)c1ccccc1C. The minimum atomic E-state index is 0.0589. The molecule has 1 amide bonds. The van der Waals surface area contributed by atoms with Crippen LogP contribution in [0.15, 0.2) is 47.8 Å². The Morgan fingerprint density at radius 1 is 1.10 bits per heavy atom. The van der Waals surface area contributed by atoms with E-state index in [0.717, 1.165) is 39.6 Å². The molecule has 0 saturated carbocycles. The van der Waals surface area contributed by atoms with Crippen LogP contribution in [0.25, 0.3) is 0 Å². The van der Waals surface area contributed by atoms with Crippen LogP contribution in [0.5, 0.6) is 5.75 Å².